The van der Waals surface area contributed by atoms with E-state index in [4.69, 9.17) is 0 Å². The molecule has 1 aromatic carbocycles. The highest BCUT2D eigenvalue weighted by Gasteiger charge is 2.30. The molecule has 1 aliphatic rings. The molecule has 0 radical (unpaired) electrons. The predicted octanol–water partition coefficient (Wildman–Crippen LogP) is 1.67. The Morgan fingerprint density at radius 2 is 2.18 bits per heavy atom. The zero-order valence-electron chi connectivity index (χ0n) is 12.6. The largest absolute Gasteiger partial charge is 0.354 e. The summed E-state index contributed by atoms with van der Waals surface area (Å²) in [6.45, 7) is 2.78. The standard InChI is InChI=1S/C16H18FN3O2/c1-10-15(21)18-6-3-7-20(10)16(22)13-9-19(2)14-5-4-11(17)8-12(13)14/h4-5,8-10H,3,6-7H2,1-2H3,(H,18,21). The van der Waals surface area contributed by atoms with Gasteiger partial charge in [-0.05, 0) is 31.5 Å². The number of nitrogens with one attached hydrogen (secondary N) is 1. The summed E-state index contributed by atoms with van der Waals surface area (Å²) in [6.07, 6.45) is 2.41. The number of carbonyl (C=O) groups is 2. The van der Waals surface area contributed by atoms with E-state index in [1.807, 2.05) is 7.05 Å². The monoisotopic (exact) mass is 303 g/mol. The van der Waals surface area contributed by atoms with Crippen LogP contribution in [0.5, 0.6) is 0 Å². The summed E-state index contributed by atoms with van der Waals surface area (Å²) >= 11 is 0. The van der Waals surface area contributed by atoms with Gasteiger partial charge in [-0.1, -0.05) is 0 Å². The van der Waals surface area contributed by atoms with Crippen molar-refractivity contribution in [2.45, 2.75) is 19.4 Å². The number of aromatic nitrogens is 1. The molecule has 3 rings (SSSR count). The van der Waals surface area contributed by atoms with Crippen molar-refractivity contribution in [3.8, 4) is 0 Å². The van der Waals surface area contributed by atoms with Crippen molar-refractivity contribution in [2.24, 2.45) is 7.05 Å². The van der Waals surface area contributed by atoms with E-state index in [-0.39, 0.29) is 17.6 Å². The van der Waals surface area contributed by atoms with Crippen LogP contribution in [0.4, 0.5) is 4.39 Å². The van der Waals surface area contributed by atoms with Crippen LogP contribution in [0, 0.1) is 5.82 Å². The van der Waals surface area contributed by atoms with E-state index in [1.54, 1.807) is 28.7 Å². The van der Waals surface area contributed by atoms with E-state index in [0.29, 0.717) is 30.5 Å². The van der Waals surface area contributed by atoms with Crippen LogP contribution in [-0.4, -0.2) is 40.4 Å². The van der Waals surface area contributed by atoms with E-state index < -0.39 is 6.04 Å². The van der Waals surface area contributed by atoms with Gasteiger partial charge < -0.3 is 14.8 Å². The molecule has 6 heteroatoms. The fourth-order valence-corrected chi connectivity index (χ4v) is 2.91. The third kappa shape index (κ3) is 2.34. The number of benzene rings is 1. The summed E-state index contributed by atoms with van der Waals surface area (Å²) in [4.78, 5) is 26.3. The maximum absolute atomic E-state index is 13.5. The molecule has 2 amide bonds. The number of fused-ring (bicyclic) bond motifs is 1. The van der Waals surface area contributed by atoms with E-state index >= 15 is 0 Å². The van der Waals surface area contributed by atoms with Crippen molar-refractivity contribution in [1.82, 2.24) is 14.8 Å². The maximum atomic E-state index is 13.5. The topological polar surface area (TPSA) is 54.3 Å². The second-order valence-electron chi connectivity index (χ2n) is 5.63. The van der Waals surface area contributed by atoms with E-state index in [9.17, 15) is 14.0 Å². The van der Waals surface area contributed by atoms with E-state index in [0.717, 1.165) is 5.52 Å². The van der Waals surface area contributed by atoms with Gasteiger partial charge in [0.1, 0.15) is 11.9 Å². The molecule has 2 aromatic rings. The van der Waals surface area contributed by atoms with Crippen molar-refractivity contribution in [2.75, 3.05) is 13.1 Å². The zero-order valence-corrected chi connectivity index (χ0v) is 12.6. The minimum Gasteiger partial charge on any atom is -0.354 e. The summed E-state index contributed by atoms with van der Waals surface area (Å²) in [5, 5.41) is 3.36. The minimum atomic E-state index is -0.529. The Bertz CT molecular complexity index is 753. The molecular formula is C16H18FN3O2. The molecule has 0 bridgehead atoms. The quantitative estimate of drug-likeness (QED) is 0.871. The molecule has 5 nitrogen and oxygen atoms in total. The number of rotatable bonds is 1. The third-order valence-electron chi connectivity index (χ3n) is 4.16. The Balaban J connectivity index is 2.04. The molecule has 1 saturated heterocycles. The average molecular weight is 303 g/mol. The molecule has 116 valence electrons. The van der Waals surface area contributed by atoms with Crippen molar-refractivity contribution in [1.29, 1.82) is 0 Å². The molecule has 1 atom stereocenters. The first-order chi connectivity index (χ1) is 10.5. The molecule has 1 unspecified atom stereocenters. The zero-order chi connectivity index (χ0) is 15.9. The first-order valence-electron chi connectivity index (χ1n) is 7.32. The van der Waals surface area contributed by atoms with Gasteiger partial charge in [-0.25, -0.2) is 4.39 Å². The van der Waals surface area contributed by atoms with Crippen LogP contribution < -0.4 is 5.32 Å². The van der Waals surface area contributed by atoms with Gasteiger partial charge in [0.2, 0.25) is 5.91 Å². The second-order valence-corrected chi connectivity index (χ2v) is 5.63. The molecule has 0 saturated carbocycles. The van der Waals surface area contributed by atoms with Gasteiger partial charge in [0.15, 0.2) is 0 Å². The molecule has 22 heavy (non-hydrogen) atoms. The SMILES string of the molecule is CC1C(=O)NCCCN1C(=O)c1cn(C)c2ccc(F)cc12. The summed E-state index contributed by atoms with van der Waals surface area (Å²) in [6, 6.07) is 3.86. The van der Waals surface area contributed by atoms with E-state index in [2.05, 4.69) is 5.32 Å². The maximum Gasteiger partial charge on any atom is 0.256 e. The molecule has 0 spiro atoms. The molecular weight excluding hydrogens is 285 g/mol. The molecule has 0 aliphatic carbocycles. The van der Waals surface area contributed by atoms with Gasteiger partial charge in [-0.15, -0.1) is 0 Å². The fourth-order valence-electron chi connectivity index (χ4n) is 2.91. The average Bonchev–Trinajstić information content (AvgIpc) is 2.72. The van der Waals surface area contributed by atoms with Crippen LogP contribution in [-0.2, 0) is 11.8 Å². The van der Waals surface area contributed by atoms with Crippen molar-refractivity contribution >= 4 is 22.7 Å². The summed E-state index contributed by atoms with van der Waals surface area (Å²) in [7, 11) is 1.82. The Kier molecular flexibility index (Phi) is 3.60. The van der Waals surface area contributed by atoms with Gasteiger partial charge in [-0.2, -0.15) is 0 Å². The van der Waals surface area contributed by atoms with Crippen LogP contribution in [0.2, 0.25) is 0 Å². The van der Waals surface area contributed by atoms with Crippen LogP contribution >= 0.6 is 0 Å². The number of aryl methyl sites for hydroxylation is 1. The van der Waals surface area contributed by atoms with E-state index in [1.165, 1.54) is 12.1 Å². The smallest absolute Gasteiger partial charge is 0.256 e. The van der Waals surface area contributed by atoms with Crippen molar-refractivity contribution < 1.29 is 14.0 Å². The van der Waals surface area contributed by atoms with Crippen LogP contribution in [0.1, 0.15) is 23.7 Å². The highest BCUT2D eigenvalue weighted by atomic mass is 19.1. The van der Waals surface area contributed by atoms with Gasteiger partial charge in [0.25, 0.3) is 5.91 Å². The number of hydrogen-bond donors (Lipinski definition) is 1. The van der Waals surface area contributed by atoms with Gasteiger partial charge >= 0.3 is 0 Å². The first kappa shape index (κ1) is 14.6. The van der Waals surface area contributed by atoms with Gasteiger partial charge in [-0.3, -0.25) is 9.59 Å². The lowest BCUT2D eigenvalue weighted by Crippen LogP contribution is -2.45. The lowest BCUT2D eigenvalue weighted by Gasteiger charge is -2.25. The van der Waals surface area contributed by atoms with Crippen molar-refractivity contribution in [3.63, 3.8) is 0 Å². The molecule has 1 fully saturated rings. The normalized spacial score (nSPS) is 19.1. The third-order valence-corrected chi connectivity index (χ3v) is 4.16. The minimum absolute atomic E-state index is 0.155. The first-order valence-corrected chi connectivity index (χ1v) is 7.32. The number of halogens is 1. The van der Waals surface area contributed by atoms with Gasteiger partial charge in [0, 0.05) is 37.2 Å². The molecule has 1 aromatic heterocycles. The summed E-state index contributed by atoms with van der Waals surface area (Å²) in [5.41, 5.74) is 1.22. The molecule has 1 N–H and O–H groups in total. The number of hydrogen-bond acceptors (Lipinski definition) is 2. The number of carbonyl (C=O) groups excluding carboxylic acids is 2. The Morgan fingerprint density at radius 1 is 1.41 bits per heavy atom. The fraction of sp³-hybridized carbons (Fsp3) is 0.375. The Hall–Kier alpha value is -2.37. The van der Waals surface area contributed by atoms with Crippen LogP contribution in [0.3, 0.4) is 0 Å². The lowest BCUT2D eigenvalue weighted by molar-refractivity contribution is -0.124. The van der Waals surface area contributed by atoms with Crippen LogP contribution in [0.25, 0.3) is 10.9 Å². The predicted molar refractivity (Wildman–Crippen MR) is 81.0 cm³/mol. The highest BCUT2D eigenvalue weighted by molar-refractivity contribution is 6.08. The second kappa shape index (κ2) is 5.44. The Labute approximate surface area is 127 Å². The number of nitrogens with zero attached hydrogens (tertiary/aromatic N) is 2. The summed E-state index contributed by atoms with van der Waals surface area (Å²) < 4.78 is 15.3. The Morgan fingerprint density at radius 3 is 2.95 bits per heavy atom. The molecule has 1 aliphatic heterocycles. The highest BCUT2D eigenvalue weighted by Crippen LogP contribution is 2.24. The number of amides is 2. The summed E-state index contributed by atoms with van der Waals surface area (Å²) in [5.74, 6) is -0.771. The van der Waals surface area contributed by atoms with Crippen molar-refractivity contribution in [3.05, 3.63) is 35.8 Å². The van der Waals surface area contributed by atoms with Crippen LogP contribution in [0.15, 0.2) is 24.4 Å². The molecule has 2 heterocycles. The lowest BCUT2D eigenvalue weighted by atomic mass is 10.1. The van der Waals surface area contributed by atoms with Gasteiger partial charge in [0.05, 0.1) is 5.56 Å².